The number of anilines is 2. The van der Waals surface area contributed by atoms with E-state index in [1.807, 2.05) is 0 Å². The van der Waals surface area contributed by atoms with E-state index in [-0.39, 0.29) is 11.8 Å². The van der Waals surface area contributed by atoms with Crippen molar-refractivity contribution in [2.45, 2.75) is 12.8 Å². The Morgan fingerprint density at radius 2 is 1.60 bits per heavy atom. The number of nitrogens with one attached hydrogen (secondary N) is 2. The molecule has 25 heavy (non-hydrogen) atoms. The van der Waals surface area contributed by atoms with Gasteiger partial charge in [-0.3, -0.25) is 9.59 Å². The zero-order valence-corrected chi connectivity index (χ0v) is 14.9. The standard InChI is InChI=1S/C18H16Cl2N2O3/c1-25-15-5-3-2-4-14(15)22-17(24)18(6-7-18)16(23)21-13-9-11(19)8-12(20)10-13/h2-5,8-10H,6-7H2,1H3,(H,21,23)(H,22,24). The lowest BCUT2D eigenvalue weighted by atomic mass is 10.0. The van der Waals surface area contributed by atoms with Crippen LogP contribution in [0.3, 0.4) is 0 Å². The SMILES string of the molecule is COc1ccccc1NC(=O)C1(C(=O)Nc2cc(Cl)cc(Cl)c2)CC1. The molecule has 0 radical (unpaired) electrons. The fourth-order valence-corrected chi connectivity index (χ4v) is 3.07. The number of halogens is 2. The predicted molar refractivity (Wildman–Crippen MR) is 98.4 cm³/mol. The van der Waals surface area contributed by atoms with Crippen LogP contribution in [0.1, 0.15) is 12.8 Å². The van der Waals surface area contributed by atoms with Crippen LogP contribution in [-0.4, -0.2) is 18.9 Å². The summed E-state index contributed by atoms with van der Waals surface area (Å²) in [6, 6.07) is 11.8. The van der Waals surface area contributed by atoms with Gasteiger partial charge in [-0.1, -0.05) is 35.3 Å². The summed E-state index contributed by atoms with van der Waals surface area (Å²) < 4.78 is 5.22. The van der Waals surface area contributed by atoms with E-state index in [1.54, 1.807) is 42.5 Å². The van der Waals surface area contributed by atoms with E-state index in [0.717, 1.165) is 0 Å². The first-order valence-electron chi connectivity index (χ1n) is 7.67. The van der Waals surface area contributed by atoms with Gasteiger partial charge in [0, 0.05) is 15.7 Å². The Hall–Kier alpha value is -2.24. The van der Waals surface area contributed by atoms with Gasteiger partial charge in [-0.15, -0.1) is 0 Å². The van der Waals surface area contributed by atoms with Gasteiger partial charge >= 0.3 is 0 Å². The molecular weight excluding hydrogens is 363 g/mol. The maximum absolute atomic E-state index is 12.7. The summed E-state index contributed by atoms with van der Waals surface area (Å²) >= 11 is 11.9. The van der Waals surface area contributed by atoms with E-state index in [0.29, 0.717) is 40.0 Å². The van der Waals surface area contributed by atoms with E-state index >= 15 is 0 Å². The number of para-hydroxylation sites is 2. The molecular formula is C18H16Cl2N2O3. The van der Waals surface area contributed by atoms with Gasteiger partial charge in [0.1, 0.15) is 11.2 Å². The van der Waals surface area contributed by atoms with Crippen molar-refractivity contribution in [1.29, 1.82) is 0 Å². The zero-order valence-electron chi connectivity index (χ0n) is 13.4. The minimum atomic E-state index is -1.09. The van der Waals surface area contributed by atoms with Crippen molar-refractivity contribution in [3.63, 3.8) is 0 Å². The third kappa shape index (κ3) is 3.72. The summed E-state index contributed by atoms with van der Waals surface area (Å²) in [6.45, 7) is 0. The number of rotatable bonds is 5. The molecule has 1 aliphatic rings. The number of carbonyl (C=O) groups excluding carboxylic acids is 2. The van der Waals surface area contributed by atoms with Crippen LogP contribution in [0.2, 0.25) is 10.0 Å². The van der Waals surface area contributed by atoms with E-state index in [1.165, 1.54) is 7.11 Å². The van der Waals surface area contributed by atoms with E-state index < -0.39 is 5.41 Å². The molecule has 7 heteroatoms. The fraction of sp³-hybridized carbons (Fsp3) is 0.222. The molecule has 3 rings (SSSR count). The second kappa shape index (κ2) is 6.94. The predicted octanol–water partition coefficient (Wildman–Crippen LogP) is 4.36. The Bertz CT molecular complexity index is 815. The van der Waals surface area contributed by atoms with Crippen molar-refractivity contribution in [2.75, 3.05) is 17.7 Å². The molecule has 2 amide bonds. The summed E-state index contributed by atoms with van der Waals surface area (Å²) in [7, 11) is 1.52. The highest BCUT2D eigenvalue weighted by Crippen LogP contribution is 2.48. The van der Waals surface area contributed by atoms with Gasteiger partial charge in [-0.05, 0) is 43.2 Å². The van der Waals surface area contributed by atoms with Gasteiger partial charge in [0.2, 0.25) is 11.8 Å². The highest BCUT2D eigenvalue weighted by atomic mass is 35.5. The van der Waals surface area contributed by atoms with Crippen molar-refractivity contribution in [1.82, 2.24) is 0 Å². The molecule has 0 atom stereocenters. The number of hydrogen-bond acceptors (Lipinski definition) is 3. The Morgan fingerprint density at radius 3 is 2.20 bits per heavy atom. The summed E-state index contributed by atoms with van der Waals surface area (Å²) in [5.41, 5.74) is -0.103. The molecule has 0 saturated heterocycles. The first kappa shape index (κ1) is 17.6. The van der Waals surface area contributed by atoms with Crippen LogP contribution < -0.4 is 15.4 Å². The number of hydrogen-bond donors (Lipinski definition) is 2. The fourth-order valence-electron chi connectivity index (χ4n) is 2.55. The third-order valence-electron chi connectivity index (χ3n) is 4.09. The monoisotopic (exact) mass is 378 g/mol. The second-order valence-electron chi connectivity index (χ2n) is 5.85. The largest absolute Gasteiger partial charge is 0.495 e. The van der Waals surface area contributed by atoms with Crippen molar-refractivity contribution >= 4 is 46.4 Å². The van der Waals surface area contributed by atoms with Gasteiger partial charge in [0.25, 0.3) is 0 Å². The molecule has 0 unspecified atom stereocenters. The molecule has 1 saturated carbocycles. The lowest BCUT2D eigenvalue weighted by molar-refractivity contribution is -0.131. The van der Waals surface area contributed by atoms with Crippen LogP contribution in [0.15, 0.2) is 42.5 Å². The van der Waals surface area contributed by atoms with Gasteiger partial charge in [-0.25, -0.2) is 0 Å². The molecule has 0 heterocycles. The first-order valence-corrected chi connectivity index (χ1v) is 8.42. The molecule has 0 spiro atoms. The van der Waals surface area contributed by atoms with Crippen LogP contribution in [0.4, 0.5) is 11.4 Å². The normalized spacial score (nSPS) is 14.5. The molecule has 0 aliphatic heterocycles. The summed E-state index contributed by atoms with van der Waals surface area (Å²) in [5.74, 6) is -0.200. The summed E-state index contributed by atoms with van der Waals surface area (Å²) in [6.07, 6.45) is 0.961. The van der Waals surface area contributed by atoms with Gasteiger partial charge in [0.05, 0.1) is 12.8 Å². The maximum atomic E-state index is 12.7. The zero-order chi connectivity index (χ0) is 18.0. The molecule has 0 aromatic heterocycles. The van der Waals surface area contributed by atoms with Crippen LogP contribution in [0.5, 0.6) is 5.75 Å². The van der Waals surface area contributed by atoms with Crippen molar-refractivity contribution in [3.8, 4) is 5.75 Å². The van der Waals surface area contributed by atoms with Crippen LogP contribution in [0.25, 0.3) is 0 Å². The van der Waals surface area contributed by atoms with Crippen molar-refractivity contribution in [3.05, 3.63) is 52.5 Å². The molecule has 1 aliphatic carbocycles. The molecule has 1 fully saturated rings. The lowest BCUT2D eigenvalue weighted by Crippen LogP contribution is -2.35. The van der Waals surface area contributed by atoms with Crippen molar-refractivity contribution < 1.29 is 14.3 Å². The highest BCUT2D eigenvalue weighted by molar-refractivity contribution is 6.35. The summed E-state index contributed by atoms with van der Waals surface area (Å²) in [5, 5.41) is 6.32. The summed E-state index contributed by atoms with van der Waals surface area (Å²) in [4.78, 5) is 25.3. The average Bonchev–Trinajstić information content (AvgIpc) is 3.36. The molecule has 130 valence electrons. The first-order chi connectivity index (χ1) is 11.9. The van der Waals surface area contributed by atoms with Crippen LogP contribution in [-0.2, 0) is 9.59 Å². The minimum Gasteiger partial charge on any atom is -0.495 e. The number of amides is 2. The smallest absolute Gasteiger partial charge is 0.240 e. The van der Waals surface area contributed by atoms with Crippen LogP contribution >= 0.6 is 23.2 Å². The Balaban J connectivity index is 1.74. The molecule has 2 aromatic carbocycles. The Kier molecular flexibility index (Phi) is 4.88. The van der Waals surface area contributed by atoms with Gasteiger partial charge in [-0.2, -0.15) is 0 Å². The van der Waals surface area contributed by atoms with Crippen molar-refractivity contribution in [2.24, 2.45) is 5.41 Å². The number of methoxy groups -OCH3 is 1. The van der Waals surface area contributed by atoms with E-state index in [4.69, 9.17) is 27.9 Å². The maximum Gasteiger partial charge on any atom is 0.240 e. The molecule has 2 aromatic rings. The minimum absolute atomic E-state index is 0.359. The molecule has 2 N–H and O–H groups in total. The number of carbonyl (C=O) groups is 2. The van der Waals surface area contributed by atoms with Gasteiger partial charge in [0.15, 0.2) is 0 Å². The third-order valence-corrected chi connectivity index (χ3v) is 4.53. The number of ether oxygens (including phenoxy) is 1. The quantitative estimate of drug-likeness (QED) is 0.759. The Morgan fingerprint density at radius 1 is 1.00 bits per heavy atom. The van der Waals surface area contributed by atoms with Gasteiger partial charge < -0.3 is 15.4 Å². The highest BCUT2D eigenvalue weighted by Gasteiger charge is 2.56. The molecule has 0 bridgehead atoms. The molecule has 5 nitrogen and oxygen atoms in total. The Labute approximate surface area is 155 Å². The number of benzene rings is 2. The topological polar surface area (TPSA) is 67.4 Å². The average molecular weight is 379 g/mol. The van der Waals surface area contributed by atoms with Crippen LogP contribution in [0, 0.1) is 5.41 Å². The van der Waals surface area contributed by atoms with E-state index in [9.17, 15) is 9.59 Å². The van der Waals surface area contributed by atoms with E-state index in [2.05, 4.69) is 10.6 Å². The second-order valence-corrected chi connectivity index (χ2v) is 6.72. The lowest BCUT2D eigenvalue weighted by Gasteiger charge is -2.17.